The number of aliphatic hydroxyl groups is 1. The Kier molecular flexibility index (Phi) is 14.7. The first kappa shape index (κ1) is 51.4. The monoisotopic (exact) mass is 1060 g/mol. The van der Waals surface area contributed by atoms with Crippen LogP contribution in [0.1, 0.15) is 108 Å². The molecule has 4 unspecified atom stereocenters. The van der Waals surface area contributed by atoms with E-state index in [-0.39, 0.29) is 29.1 Å². The van der Waals surface area contributed by atoms with Gasteiger partial charge in [0.15, 0.2) is 17.1 Å². The second-order valence-corrected chi connectivity index (χ2v) is 21.9. The summed E-state index contributed by atoms with van der Waals surface area (Å²) >= 11 is 1.43. The highest BCUT2D eigenvalue weighted by molar-refractivity contribution is 7.22. The number of allylic oxidation sites excluding steroid dienone is 2. The summed E-state index contributed by atoms with van der Waals surface area (Å²) in [5.74, 6) is -3.71. The fourth-order valence-corrected chi connectivity index (χ4v) is 13.1. The molecule has 3 aliphatic heterocycles. The molecule has 6 aromatic rings. The van der Waals surface area contributed by atoms with E-state index in [0.717, 1.165) is 103 Å². The molecule has 0 radical (unpaired) electrons. The number of alkyl halides is 3. The van der Waals surface area contributed by atoms with Crippen LogP contribution in [0.15, 0.2) is 91.0 Å². The third-order valence-corrected chi connectivity index (χ3v) is 17.1. The van der Waals surface area contributed by atoms with Gasteiger partial charge >= 0.3 is 12.1 Å². The Morgan fingerprint density at radius 3 is 2.49 bits per heavy atom. The van der Waals surface area contributed by atoms with Gasteiger partial charge in [0.1, 0.15) is 11.7 Å². The number of pyridine rings is 1. The number of carboxylic acids is 1. The lowest BCUT2D eigenvalue weighted by Gasteiger charge is -2.37. The van der Waals surface area contributed by atoms with Gasteiger partial charge in [-0.2, -0.15) is 18.3 Å². The number of aromatic carboxylic acids is 1. The molecule has 11 rings (SSSR count). The molecule has 3 aromatic carbocycles. The number of piperidine rings is 1. The van der Waals surface area contributed by atoms with Gasteiger partial charge in [-0.05, 0) is 104 Å². The molecule has 0 bridgehead atoms. The molecule has 76 heavy (non-hydrogen) atoms. The van der Waals surface area contributed by atoms with Crippen LogP contribution in [-0.4, -0.2) is 110 Å². The number of nitrogens with zero attached hydrogens (tertiary/aromatic N) is 7. The van der Waals surface area contributed by atoms with E-state index in [1.165, 1.54) is 35.6 Å². The molecule has 1 saturated carbocycles. The largest absolute Gasteiger partial charge is 0.476 e. The number of para-hydroxylation sites is 2. The lowest BCUT2D eigenvalue weighted by Crippen LogP contribution is -2.46. The van der Waals surface area contributed by atoms with Crippen molar-refractivity contribution in [3.05, 3.63) is 125 Å². The van der Waals surface area contributed by atoms with Crippen molar-refractivity contribution in [1.82, 2.24) is 30.0 Å². The highest BCUT2D eigenvalue weighted by atomic mass is 32.1. The summed E-state index contributed by atoms with van der Waals surface area (Å²) in [7, 11) is 1.91. The third-order valence-electron chi connectivity index (χ3n) is 16.1. The first-order valence-electron chi connectivity index (χ1n) is 26.5. The fraction of sp³-hybridized carbons (Fsp3) is 0.439. The smallest absolute Gasteiger partial charge is 0.398 e. The topological polar surface area (TPSA) is 178 Å². The number of hydrogen-bond donors (Lipinski definition) is 4. The quantitative estimate of drug-likeness (QED) is 0.0435. The van der Waals surface area contributed by atoms with Crippen molar-refractivity contribution >= 4 is 72.4 Å². The molecule has 15 nitrogen and oxygen atoms in total. The number of thiazole rings is 1. The number of aromatic nitrogens is 4. The fourth-order valence-electron chi connectivity index (χ4n) is 12.2. The van der Waals surface area contributed by atoms with Crippen molar-refractivity contribution in [2.75, 3.05) is 54.4 Å². The van der Waals surface area contributed by atoms with Gasteiger partial charge in [0, 0.05) is 69.3 Å². The van der Waals surface area contributed by atoms with E-state index < -0.39 is 42.0 Å². The number of imide groups is 1. The highest BCUT2D eigenvalue weighted by Crippen LogP contribution is 2.45. The maximum atomic E-state index is 15.2. The van der Waals surface area contributed by atoms with Crippen molar-refractivity contribution in [3.63, 3.8) is 0 Å². The molecule has 398 valence electrons. The second kappa shape index (κ2) is 21.8. The zero-order valence-electron chi connectivity index (χ0n) is 42.3. The average molecular weight is 1060 g/mol. The van der Waals surface area contributed by atoms with Gasteiger partial charge in [-0.15, -0.1) is 0 Å². The van der Waals surface area contributed by atoms with Crippen LogP contribution in [0.25, 0.3) is 26.7 Å². The number of carboxylic acid groups (broad SMARTS) is 1. The molecule has 4 atom stereocenters. The normalized spacial score (nSPS) is 22.9. The SMILES string of the molecule is Cn1nc(C2CCC(=O)NC2=O)c2cccc(N3CCN(CCCCC4CCC(OC5C=CC=C(c6ccc(N7CCc8cccc(C(O)Nc9nc%10ccccc%10s9)c8C7)nc6C(=O)O)C5C(F)(F)F)CC4)CC3)c21. The van der Waals surface area contributed by atoms with Crippen LogP contribution in [-0.2, 0) is 34.3 Å². The third kappa shape index (κ3) is 10.7. The Labute approximate surface area is 442 Å². The minimum absolute atomic E-state index is 0.0971. The maximum Gasteiger partial charge on any atom is 0.398 e. The number of nitrogens with one attached hydrogen (secondary N) is 2. The van der Waals surface area contributed by atoms with E-state index in [4.69, 9.17) is 9.84 Å². The number of carbonyl (C=O) groups is 3. The molecule has 3 fully saturated rings. The number of ether oxygens (including phenoxy) is 1. The van der Waals surface area contributed by atoms with Crippen molar-refractivity contribution in [1.29, 1.82) is 0 Å². The Morgan fingerprint density at radius 2 is 1.71 bits per heavy atom. The molecular weight excluding hydrogens is 996 g/mol. The van der Waals surface area contributed by atoms with Crippen LogP contribution in [0.2, 0.25) is 0 Å². The van der Waals surface area contributed by atoms with Gasteiger partial charge < -0.3 is 30.1 Å². The van der Waals surface area contributed by atoms with Crippen LogP contribution in [0.4, 0.5) is 29.8 Å². The second-order valence-electron chi connectivity index (χ2n) is 20.8. The number of aryl methyl sites for hydroxylation is 1. The molecule has 0 spiro atoms. The first-order valence-corrected chi connectivity index (χ1v) is 27.3. The minimum atomic E-state index is -4.73. The van der Waals surface area contributed by atoms with Gasteiger partial charge in [-0.1, -0.05) is 84.9 Å². The Bertz CT molecular complexity index is 3180. The molecule has 5 aliphatic rings. The molecule has 4 N–H and O–H groups in total. The average Bonchev–Trinajstić information content (AvgIpc) is 4.04. The van der Waals surface area contributed by atoms with Gasteiger partial charge in [-0.3, -0.25) is 24.5 Å². The zero-order valence-corrected chi connectivity index (χ0v) is 43.2. The summed E-state index contributed by atoms with van der Waals surface area (Å²) < 4.78 is 54.9. The zero-order chi connectivity index (χ0) is 52.7. The van der Waals surface area contributed by atoms with Crippen LogP contribution in [0.3, 0.4) is 0 Å². The van der Waals surface area contributed by atoms with Crippen molar-refractivity contribution in [2.45, 2.75) is 101 Å². The van der Waals surface area contributed by atoms with Crippen LogP contribution in [0.5, 0.6) is 0 Å². The van der Waals surface area contributed by atoms with Crippen LogP contribution in [0, 0.1) is 11.8 Å². The minimum Gasteiger partial charge on any atom is -0.476 e. The predicted molar refractivity (Wildman–Crippen MR) is 286 cm³/mol. The number of rotatable bonds is 15. The number of aliphatic hydroxyl groups excluding tert-OH is 1. The summed E-state index contributed by atoms with van der Waals surface area (Å²) in [6.07, 6.45) is 4.42. The highest BCUT2D eigenvalue weighted by Gasteiger charge is 2.49. The number of benzene rings is 3. The van der Waals surface area contributed by atoms with Crippen molar-refractivity contribution < 1.29 is 42.5 Å². The number of carbonyl (C=O) groups excluding carboxylic acids is 2. The maximum absolute atomic E-state index is 15.2. The van der Waals surface area contributed by atoms with Gasteiger partial charge in [0.25, 0.3) is 0 Å². The number of amides is 2. The number of hydrogen-bond acceptors (Lipinski definition) is 13. The Balaban J connectivity index is 0.667. The summed E-state index contributed by atoms with van der Waals surface area (Å²) in [5, 5.41) is 33.8. The molecule has 2 amide bonds. The van der Waals surface area contributed by atoms with Crippen LogP contribution < -0.4 is 20.4 Å². The molecule has 3 aromatic heterocycles. The van der Waals surface area contributed by atoms with E-state index in [9.17, 15) is 24.6 Å². The number of fused-ring (bicyclic) bond motifs is 3. The molecule has 6 heterocycles. The van der Waals surface area contributed by atoms with Gasteiger partial charge in [0.05, 0.1) is 45.2 Å². The summed E-state index contributed by atoms with van der Waals surface area (Å²) in [5.41, 5.74) is 5.40. The molecule has 19 heteroatoms. The predicted octanol–water partition coefficient (Wildman–Crippen LogP) is 9.53. The summed E-state index contributed by atoms with van der Waals surface area (Å²) in [6, 6.07) is 22.6. The van der Waals surface area contributed by atoms with E-state index in [0.29, 0.717) is 73.3 Å². The number of unbranched alkanes of at least 4 members (excludes halogenated alkanes) is 1. The Morgan fingerprint density at radius 1 is 0.908 bits per heavy atom. The van der Waals surface area contributed by atoms with E-state index in [1.807, 2.05) is 71.2 Å². The molecular formula is C57H62F3N9O6S. The van der Waals surface area contributed by atoms with E-state index in [1.54, 1.807) is 6.07 Å². The number of anilines is 3. The van der Waals surface area contributed by atoms with Crippen molar-refractivity contribution in [2.24, 2.45) is 18.9 Å². The lowest BCUT2D eigenvalue weighted by molar-refractivity contribution is -0.189. The van der Waals surface area contributed by atoms with Gasteiger partial charge in [-0.25, -0.2) is 14.8 Å². The first-order chi connectivity index (χ1) is 36.7. The van der Waals surface area contributed by atoms with E-state index >= 15 is 13.2 Å². The van der Waals surface area contributed by atoms with Gasteiger partial charge in [0.2, 0.25) is 11.8 Å². The number of piperazine rings is 1. The molecule has 2 saturated heterocycles. The van der Waals surface area contributed by atoms with Crippen molar-refractivity contribution in [3.8, 4) is 0 Å². The standard InChI is InChI=1S/C57H62F3N9O6S/c1-66-52-40(50(65-66)41-23-25-48(70)63-54(41)72)13-7-15-44(52)68-31-29-67(30-32-68)27-5-4-9-34-18-20-36(21-19-34)75-45-16-8-11-37(49(45)57(58,59)60)38-22-24-47(62-51(38)55(73)74)69-28-26-35-10-6-12-39(42(35)33-69)53(71)64-56-61-43-14-2-3-17-46(43)76-56/h2-3,6-8,10-17,22,24,34,36,41,45,49,53,71H,4-5,9,18-21,23,25-33H2,1H3,(H,61,64)(H,73,74)(H,63,70,72). The summed E-state index contributed by atoms with van der Waals surface area (Å²) in [4.78, 5) is 53.3. The lowest BCUT2D eigenvalue weighted by atomic mass is 9.82. The number of halogens is 3. The van der Waals surface area contributed by atoms with Crippen LogP contribution >= 0.6 is 11.3 Å². The Hall–Kier alpha value is -6.67. The van der Waals surface area contributed by atoms with E-state index in [2.05, 4.69) is 36.5 Å². The summed E-state index contributed by atoms with van der Waals surface area (Å²) in [6.45, 7) is 5.37. The molecule has 2 aliphatic carbocycles.